The number of halogens is 1. The fourth-order valence-corrected chi connectivity index (χ4v) is 8.99. The van der Waals surface area contributed by atoms with E-state index >= 15 is 0 Å². The molecular formula is C23H31ClN4O4S. The number of rotatable bonds is 6. The summed E-state index contributed by atoms with van der Waals surface area (Å²) >= 11 is 5.94. The van der Waals surface area contributed by atoms with E-state index < -0.39 is 10.2 Å². The van der Waals surface area contributed by atoms with Gasteiger partial charge in [0.2, 0.25) is 11.8 Å². The van der Waals surface area contributed by atoms with Crippen LogP contribution in [0.1, 0.15) is 44.9 Å². The SMILES string of the molecule is NC(=O)CC12CC3CC(C1)C(NC(=O)CN1CCCN(c4ccc(Cl)cc4)S1(=O)=O)C(C3)C2. The summed E-state index contributed by atoms with van der Waals surface area (Å²) in [5, 5.41) is 3.72. The summed E-state index contributed by atoms with van der Waals surface area (Å²) in [6, 6.07) is 6.74. The summed E-state index contributed by atoms with van der Waals surface area (Å²) in [6.07, 6.45) is 6.10. The lowest BCUT2D eigenvalue weighted by Gasteiger charge is -2.60. The predicted molar refractivity (Wildman–Crippen MR) is 126 cm³/mol. The molecule has 4 aliphatic carbocycles. The second kappa shape index (κ2) is 8.43. The van der Waals surface area contributed by atoms with E-state index in [1.165, 1.54) is 8.61 Å². The van der Waals surface area contributed by atoms with Gasteiger partial charge in [-0.1, -0.05) is 11.6 Å². The first kappa shape index (κ1) is 22.9. The van der Waals surface area contributed by atoms with Crippen LogP contribution in [0.5, 0.6) is 0 Å². The standard InChI is InChI=1S/C23H31ClN4O4S/c24-18-2-4-19(5-3-18)28-7-1-6-27(33(28,31)32)14-21(30)26-22-16-8-15-9-17(22)12-23(10-15,11-16)13-20(25)29/h2-5,15-17,22H,1,6-14H2,(H2,25,29)(H,26,30). The molecule has 0 spiro atoms. The summed E-state index contributed by atoms with van der Waals surface area (Å²) < 4.78 is 29.0. The Balaban J connectivity index is 1.25. The van der Waals surface area contributed by atoms with Gasteiger partial charge in [0, 0.05) is 30.6 Å². The van der Waals surface area contributed by atoms with Crippen molar-refractivity contribution in [2.24, 2.45) is 28.9 Å². The van der Waals surface area contributed by atoms with Gasteiger partial charge < -0.3 is 11.1 Å². The van der Waals surface area contributed by atoms with Gasteiger partial charge in [0.15, 0.2) is 0 Å². The second-order valence-corrected chi connectivity index (χ2v) is 12.7. The van der Waals surface area contributed by atoms with E-state index in [2.05, 4.69) is 5.32 Å². The number of nitrogens with zero attached hydrogens (tertiary/aromatic N) is 2. The molecule has 4 saturated carbocycles. The average molecular weight is 495 g/mol. The molecular weight excluding hydrogens is 464 g/mol. The van der Waals surface area contributed by atoms with E-state index in [-0.39, 0.29) is 29.8 Å². The molecule has 33 heavy (non-hydrogen) atoms. The molecule has 10 heteroatoms. The Morgan fingerprint density at radius 2 is 1.76 bits per heavy atom. The quantitative estimate of drug-likeness (QED) is 0.631. The summed E-state index contributed by atoms with van der Waals surface area (Å²) in [6.45, 7) is 0.511. The molecule has 180 valence electrons. The number of carbonyl (C=O) groups excluding carboxylic acids is 2. The number of primary amides is 1. The molecule has 1 saturated heterocycles. The van der Waals surface area contributed by atoms with Gasteiger partial charge in [-0.25, -0.2) is 0 Å². The highest BCUT2D eigenvalue weighted by Gasteiger charge is 2.56. The van der Waals surface area contributed by atoms with Gasteiger partial charge in [0.25, 0.3) is 0 Å². The van der Waals surface area contributed by atoms with Crippen molar-refractivity contribution in [3.8, 4) is 0 Å². The summed E-state index contributed by atoms with van der Waals surface area (Å²) in [4.78, 5) is 24.7. The van der Waals surface area contributed by atoms with Gasteiger partial charge in [-0.3, -0.25) is 13.9 Å². The lowest BCUT2D eigenvalue weighted by molar-refractivity contribution is -0.134. The Hall–Kier alpha value is -1.84. The van der Waals surface area contributed by atoms with Gasteiger partial charge >= 0.3 is 10.2 Å². The highest BCUT2D eigenvalue weighted by molar-refractivity contribution is 7.90. The molecule has 2 atom stereocenters. The topological polar surface area (TPSA) is 113 Å². The molecule has 0 aromatic heterocycles. The molecule has 4 bridgehead atoms. The molecule has 3 N–H and O–H groups in total. The summed E-state index contributed by atoms with van der Waals surface area (Å²) in [5.41, 5.74) is 6.08. The Kier molecular flexibility index (Phi) is 5.86. The molecule has 5 fully saturated rings. The fraction of sp³-hybridized carbons (Fsp3) is 0.652. The molecule has 0 radical (unpaired) electrons. The van der Waals surface area contributed by atoms with Crippen LogP contribution < -0.4 is 15.4 Å². The van der Waals surface area contributed by atoms with Crippen LogP contribution in [0.25, 0.3) is 0 Å². The zero-order chi connectivity index (χ0) is 23.4. The van der Waals surface area contributed by atoms with Gasteiger partial charge in [-0.15, -0.1) is 0 Å². The monoisotopic (exact) mass is 494 g/mol. The minimum absolute atomic E-state index is 0.00114. The number of nitrogens with one attached hydrogen (secondary N) is 1. The van der Waals surface area contributed by atoms with Crippen molar-refractivity contribution in [1.29, 1.82) is 0 Å². The zero-order valence-corrected chi connectivity index (χ0v) is 20.2. The number of benzene rings is 1. The van der Waals surface area contributed by atoms with E-state index in [9.17, 15) is 18.0 Å². The Morgan fingerprint density at radius 1 is 1.09 bits per heavy atom. The second-order valence-electron chi connectivity index (χ2n) is 10.4. The Bertz CT molecular complexity index is 1030. The molecule has 1 aromatic rings. The lowest BCUT2D eigenvalue weighted by atomic mass is 9.47. The Morgan fingerprint density at radius 3 is 2.39 bits per heavy atom. The van der Waals surface area contributed by atoms with Crippen LogP contribution in [0.4, 0.5) is 5.69 Å². The first-order valence-electron chi connectivity index (χ1n) is 11.8. The van der Waals surface area contributed by atoms with Crippen molar-refractivity contribution in [1.82, 2.24) is 9.62 Å². The maximum atomic E-state index is 13.2. The number of nitrogens with two attached hydrogens (primary N) is 1. The molecule has 2 amide bonds. The lowest BCUT2D eigenvalue weighted by Crippen LogP contribution is -2.61. The third-order valence-corrected chi connectivity index (χ3v) is 10.3. The number of carbonyl (C=O) groups is 2. The summed E-state index contributed by atoms with van der Waals surface area (Å²) in [7, 11) is -3.80. The van der Waals surface area contributed by atoms with Crippen LogP contribution in [-0.2, 0) is 19.8 Å². The maximum absolute atomic E-state index is 13.2. The fourth-order valence-electron chi connectivity index (χ4n) is 7.20. The number of hydrogen-bond acceptors (Lipinski definition) is 4. The van der Waals surface area contributed by atoms with E-state index in [0.29, 0.717) is 54.4 Å². The van der Waals surface area contributed by atoms with Crippen molar-refractivity contribution in [3.05, 3.63) is 29.3 Å². The molecule has 8 nitrogen and oxygen atoms in total. The molecule has 1 aromatic carbocycles. The maximum Gasteiger partial charge on any atom is 0.304 e. The third-order valence-electron chi connectivity index (χ3n) is 8.08. The van der Waals surface area contributed by atoms with E-state index in [1.54, 1.807) is 24.3 Å². The minimum Gasteiger partial charge on any atom is -0.370 e. The normalized spacial score (nSPS) is 34.9. The molecule has 1 heterocycles. The van der Waals surface area contributed by atoms with Crippen LogP contribution in [0, 0.1) is 23.2 Å². The Labute approximate surface area is 200 Å². The molecule has 1 aliphatic heterocycles. The highest BCUT2D eigenvalue weighted by atomic mass is 35.5. The van der Waals surface area contributed by atoms with Gasteiger partial charge in [-0.05, 0) is 86.0 Å². The smallest absolute Gasteiger partial charge is 0.304 e. The van der Waals surface area contributed by atoms with Crippen molar-refractivity contribution in [2.75, 3.05) is 23.9 Å². The number of hydrogen-bond donors (Lipinski definition) is 2. The van der Waals surface area contributed by atoms with E-state index in [0.717, 1.165) is 32.1 Å². The number of amides is 2. The van der Waals surface area contributed by atoms with Gasteiger partial charge in [-0.2, -0.15) is 12.7 Å². The van der Waals surface area contributed by atoms with Crippen LogP contribution in [-0.4, -0.2) is 50.2 Å². The van der Waals surface area contributed by atoms with Gasteiger partial charge in [0.1, 0.15) is 0 Å². The molecule has 5 aliphatic rings. The molecule has 6 rings (SSSR count). The number of anilines is 1. The van der Waals surface area contributed by atoms with Crippen molar-refractivity contribution in [3.63, 3.8) is 0 Å². The van der Waals surface area contributed by atoms with Crippen LogP contribution in [0.3, 0.4) is 0 Å². The first-order valence-corrected chi connectivity index (χ1v) is 13.5. The van der Waals surface area contributed by atoms with E-state index in [4.69, 9.17) is 17.3 Å². The highest BCUT2D eigenvalue weighted by Crippen LogP contribution is 2.61. The summed E-state index contributed by atoms with van der Waals surface area (Å²) in [5.74, 6) is 0.785. The first-order chi connectivity index (χ1) is 15.6. The van der Waals surface area contributed by atoms with Crippen molar-refractivity contribution < 1.29 is 18.0 Å². The third kappa shape index (κ3) is 4.35. The van der Waals surface area contributed by atoms with Gasteiger partial charge in [0.05, 0.1) is 12.2 Å². The van der Waals surface area contributed by atoms with Crippen molar-refractivity contribution in [2.45, 2.75) is 51.0 Å². The van der Waals surface area contributed by atoms with Crippen LogP contribution in [0.2, 0.25) is 5.02 Å². The minimum atomic E-state index is -3.80. The van der Waals surface area contributed by atoms with E-state index in [1.807, 2.05) is 0 Å². The largest absolute Gasteiger partial charge is 0.370 e. The predicted octanol–water partition coefficient (Wildman–Crippen LogP) is 2.28. The zero-order valence-electron chi connectivity index (χ0n) is 18.6. The van der Waals surface area contributed by atoms with Crippen molar-refractivity contribution >= 4 is 39.3 Å². The average Bonchev–Trinajstić information content (AvgIpc) is 2.71. The van der Waals surface area contributed by atoms with Crippen LogP contribution >= 0.6 is 11.6 Å². The van der Waals surface area contributed by atoms with Crippen LogP contribution in [0.15, 0.2) is 24.3 Å². The molecule has 2 unspecified atom stereocenters.